The van der Waals surface area contributed by atoms with Crippen LogP contribution >= 0.6 is 0 Å². The number of aromatic nitrogens is 8. The fourth-order valence-electron chi connectivity index (χ4n) is 6.86. The van der Waals surface area contributed by atoms with E-state index in [0.717, 1.165) is 84.4 Å². The highest BCUT2D eigenvalue weighted by molar-refractivity contribution is 6.08. The van der Waals surface area contributed by atoms with Crippen LogP contribution in [0.2, 0.25) is 0 Å². The van der Waals surface area contributed by atoms with Gasteiger partial charge in [0, 0.05) is 47.7 Å². The van der Waals surface area contributed by atoms with E-state index < -0.39 is 0 Å². The first-order valence-electron chi connectivity index (χ1n) is 16.5. The Morgan fingerprint density at radius 3 is 1.84 bits per heavy atom. The van der Waals surface area contributed by atoms with Crippen molar-refractivity contribution in [2.75, 3.05) is 0 Å². The maximum atomic E-state index is 5.26. The van der Waals surface area contributed by atoms with Gasteiger partial charge in [0.15, 0.2) is 12.4 Å². The molecule has 7 aromatic heterocycles. The van der Waals surface area contributed by atoms with Gasteiger partial charge in [-0.15, -0.1) is 0 Å². The van der Waals surface area contributed by atoms with E-state index in [1.165, 1.54) is 0 Å². The molecular formula is C42H32N8+2. The van der Waals surface area contributed by atoms with Crippen LogP contribution in [0.15, 0.2) is 128 Å². The fourth-order valence-corrected chi connectivity index (χ4v) is 6.86. The van der Waals surface area contributed by atoms with E-state index in [-0.39, 0.29) is 0 Å². The number of H-pyrrole nitrogens is 1. The quantitative estimate of drug-likeness (QED) is 0.200. The molecular weight excluding hydrogens is 617 g/mol. The number of hydrogen-bond donors (Lipinski definition) is 1. The highest BCUT2D eigenvalue weighted by Crippen LogP contribution is 2.45. The van der Waals surface area contributed by atoms with Crippen molar-refractivity contribution in [3.63, 3.8) is 0 Å². The van der Waals surface area contributed by atoms with E-state index in [0.29, 0.717) is 0 Å². The van der Waals surface area contributed by atoms with Gasteiger partial charge in [-0.25, -0.2) is 24.1 Å². The van der Waals surface area contributed by atoms with Crippen molar-refractivity contribution < 1.29 is 9.13 Å². The van der Waals surface area contributed by atoms with Crippen molar-refractivity contribution in [1.82, 2.24) is 29.5 Å². The number of fused-ring (bicyclic) bond motifs is 8. The molecule has 1 N–H and O–H groups in total. The number of aromatic amines is 1. The van der Waals surface area contributed by atoms with E-state index >= 15 is 0 Å². The second-order valence-electron chi connectivity index (χ2n) is 12.3. The first kappa shape index (κ1) is 29.3. The van der Waals surface area contributed by atoms with Crippen LogP contribution in [-0.2, 0) is 14.1 Å². The third-order valence-electron chi connectivity index (χ3n) is 9.09. The monoisotopic (exact) mass is 648 g/mol. The Hall–Kier alpha value is -6.80. The highest BCUT2D eigenvalue weighted by atomic mass is 15.1. The zero-order valence-corrected chi connectivity index (χ0v) is 27.6. The van der Waals surface area contributed by atoms with Gasteiger partial charge in [-0.2, -0.15) is 0 Å². The minimum absolute atomic E-state index is 0.766. The molecule has 9 rings (SSSR count). The van der Waals surface area contributed by atoms with Crippen molar-refractivity contribution in [1.29, 1.82) is 0 Å². The maximum Gasteiger partial charge on any atom is 0.215 e. The van der Waals surface area contributed by atoms with E-state index in [9.17, 15) is 0 Å². The lowest BCUT2D eigenvalue weighted by atomic mass is 9.98. The van der Waals surface area contributed by atoms with E-state index in [1.54, 1.807) is 0 Å². The molecule has 0 atom stereocenters. The van der Waals surface area contributed by atoms with Crippen LogP contribution in [0.25, 0.3) is 86.0 Å². The van der Waals surface area contributed by atoms with Gasteiger partial charge < -0.3 is 4.98 Å². The molecule has 2 aliphatic heterocycles. The molecule has 8 bridgehead atoms. The summed E-state index contributed by atoms with van der Waals surface area (Å²) in [6.07, 6.45) is 16.1. The Bertz CT molecular complexity index is 2670. The summed E-state index contributed by atoms with van der Waals surface area (Å²) in [4.78, 5) is 23.8. The Kier molecular flexibility index (Phi) is 7.05. The number of nitrogens with one attached hydrogen (secondary N) is 1. The molecule has 0 radical (unpaired) electrons. The van der Waals surface area contributed by atoms with E-state index in [1.807, 2.05) is 36.7 Å². The molecule has 0 aliphatic carbocycles. The topological polar surface area (TPSA) is 80.0 Å². The number of rotatable bonds is 4. The van der Waals surface area contributed by atoms with Gasteiger partial charge in [0.25, 0.3) is 0 Å². The lowest BCUT2D eigenvalue weighted by molar-refractivity contribution is -0.661. The molecule has 238 valence electrons. The van der Waals surface area contributed by atoms with Gasteiger partial charge >= 0.3 is 0 Å². The molecule has 7 aromatic rings. The van der Waals surface area contributed by atoms with Gasteiger partial charge in [0.2, 0.25) is 11.4 Å². The van der Waals surface area contributed by atoms with Crippen LogP contribution in [-0.4, -0.2) is 29.5 Å². The predicted molar refractivity (Wildman–Crippen MR) is 198 cm³/mol. The van der Waals surface area contributed by atoms with Crippen LogP contribution in [0.1, 0.15) is 22.8 Å². The zero-order chi connectivity index (χ0) is 33.6. The maximum absolute atomic E-state index is 5.26. The minimum Gasteiger partial charge on any atom is -0.355 e. The largest absolute Gasteiger partial charge is 0.355 e. The van der Waals surface area contributed by atoms with Gasteiger partial charge in [-0.1, -0.05) is 12.1 Å². The third-order valence-corrected chi connectivity index (χ3v) is 9.09. The Balaban J connectivity index is 1.63. The predicted octanol–water partition coefficient (Wildman–Crippen LogP) is 7.56. The van der Waals surface area contributed by atoms with Gasteiger partial charge in [0.1, 0.15) is 19.9 Å². The van der Waals surface area contributed by atoms with Gasteiger partial charge in [-0.3, -0.25) is 9.55 Å². The summed E-state index contributed by atoms with van der Waals surface area (Å²) in [5, 5.41) is 0. The molecule has 0 saturated heterocycles. The van der Waals surface area contributed by atoms with E-state index in [4.69, 9.17) is 19.9 Å². The molecule has 0 aromatic carbocycles. The second-order valence-corrected chi connectivity index (χ2v) is 12.3. The van der Waals surface area contributed by atoms with Crippen LogP contribution < -0.4 is 9.13 Å². The van der Waals surface area contributed by atoms with Crippen LogP contribution in [0.3, 0.4) is 0 Å². The molecule has 9 heterocycles. The zero-order valence-electron chi connectivity index (χ0n) is 27.6. The average molecular weight is 649 g/mol. The molecule has 0 fully saturated rings. The van der Waals surface area contributed by atoms with Gasteiger partial charge in [0.05, 0.1) is 56.2 Å². The Morgan fingerprint density at radius 1 is 0.560 bits per heavy atom. The molecule has 8 nitrogen and oxygen atoms in total. The first-order valence-corrected chi connectivity index (χ1v) is 16.5. The number of nitrogens with zero attached hydrogens (tertiary/aromatic N) is 7. The van der Waals surface area contributed by atoms with Crippen LogP contribution in [0, 0.1) is 0 Å². The summed E-state index contributed by atoms with van der Waals surface area (Å²) < 4.78 is 6.60. The van der Waals surface area contributed by atoms with Crippen molar-refractivity contribution in [2.45, 2.75) is 0 Å². The van der Waals surface area contributed by atoms with Crippen LogP contribution in [0.4, 0.5) is 0 Å². The number of aryl methyl sites for hydroxylation is 2. The molecule has 0 amide bonds. The minimum atomic E-state index is 0.766. The van der Waals surface area contributed by atoms with Crippen molar-refractivity contribution >= 4 is 46.4 Å². The van der Waals surface area contributed by atoms with Crippen molar-refractivity contribution in [2.24, 2.45) is 14.1 Å². The smallest absolute Gasteiger partial charge is 0.215 e. The Morgan fingerprint density at radius 2 is 1.18 bits per heavy atom. The summed E-state index contributed by atoms with van der Waals surface area (Å²) in [5.41, 5.74) is 12.9. The van der Waals surface area contributed by atoms with Gasteiger partial charge in [-0.05, 0) is 91.0 Å². The fraction of sp³-hybridized carbons (Fsp3) is 0.0476. The standard InChI is InChI=1S/C42H31N8/c1-48-23-9-5-12-35(48)40-37-27-32-18-17-29(46-32)25-28-15-16-30(45-28)26-31-19-20-34(47-31)39(33-11-3-7-21-43-33)42(50(37)38-14-4-8-22-44-38)41(40)36-13-6-10-24-49(36)2/h3-27H,1-2H3/q+1/p+1. The summed E-state index contributed by atoms with van der Waals surface area (Å²) in [6.45, 7) is 0. The second kappa shape index (κ2) is 12.0. The molecule has 2 aliphatic rings. The highest BCUT2D eigenvalue weighted by Gasteiger charge is 2.32. The third kappa shape index (κ3) is 5.11. The van der Waals surface area contributed by atoms with Crippen molar-refractivity contribution in [3.05, 3.63) is 151 Å². The molecule has 0 spiro atoms. The lowest BCUT2D eigenvalue weighted by Crippen LogP contribution is -2.32. The summed E-state index contributed by atoms with van der Waals surface area (Å²) in [7, 11) is 4.17. The Labute approximate surface area is 288 Å². The summed E-state index contributed by atoms with van der Waals surface area (Å²) >= 11 is 0. The SMILES string of the molecule is C[n+]1ccccc1-c1c(-c2cccc[n+]2C)c2c(-c3ccccn3)c3nc(cc4ccc(cc5nc(cc1n2-c1ccccn1)C=C5)[nH]4)C=C3. The first-order chi connectivity index (χ1) is 24.6. The van der Waals surface area contributed by atoms with E-state index in [2.05, 4.69) is 148 Å². The summed E-state index contributed by atoms with van der Waals surface area (Å²) in [5.74, 6) is 0.766. The molecule has 50 heavy (non-hydrogen) atoms. The van der Waals surface area contributed by atoms with Crippen LogP contribution in [0.5, 0.6) is 0 Å². The average Bonchev–Trinajstić information content (AvgIpc) is 3.95. The lowest BCUT2D eigenvalue weighted by Gasteiger charge is -2.11. The molecule has 0 unspecified atom stereocenters. The number of hydrogen-bond acceptors (Lipinski definition) is 4. The number of pyridine rings is 4. The molecule has 0 saturated carbocycles. The van der Waals surface area contributed by atoms with Crippen molar-refractivity contribution in [3.8, 4) is 39.6 Å². The molecule has 8 heteroatoms. The summed E-state index contributed by atoms with van der Waals surface area (Å²) in [6, 6.07) is 35.1. The normalized spacial score (nSPS) is 12.0.